The van der Waals surface area contributed by atoms with Gasteiger partial charge >= 0.3 is 0 Å². The molecule has 0 bridgehead atoms. The van der Waals surface area contributed by atoms with E-state index in [-0.39, 0.29) is 0 Å². The molecule has 0 aromatic rings. The Morgan fingerprint density at radius 3 is 0.545 bits per heavy atom. The van der Waals surface area contributed by atoms with Gasteiger partial charge in [0, 0.05) is 0 Å². The van der Waals surface area contributed by atoms with Crippen LogP contribution in [-0.4, -0.2) is 0 Å². The van der Waals surface area contributed by atoms with Gasteiger partial charge in [-0.3, -0.25) is 0 Å². The van der Waals surface area contributed by atoms with E-state index in [0.717, 1.165) is 0 Å². The maximum atomic E-state index is 2.12. The van der Waals surface area contributed by atoms with Crippen molar-refractivity contribution < 1.29 is 0 Å². The van der Waals surface area contributed by atoms with Crippen LogP contribution in [0.25, 0.3) is 0 Å². The molecule has 0 fully saturated rings. The van der Waals surface area contributed by atoms with E-state index in [1.54, 1.807) is 0 Å². The van der Waals surface area contributed by atoms with E-state index < -0.39 is 0 Å². The number of rotatable bonds is 1. The van der Waals surface area contributed by atoms with Gasteiger partial charge in [0.05, 0.1) is 0 Å². The number of hydrogen-bond acceptors (Lipinski definition) is 0. The fourth-order valence-corrected chi connectivity index (χ4v) is 0.222. The zero-order valence-corrected chi connectivity index (χ0v) is 18.3. The molecule has 0 atom stereocenters. The van der Waals surface area contributed by atoms with Crippen LogP contribution in [0.5, 0.6) is 0 Å². The molecular formula is C22H50. The molecule has 0 aromatic carbocycles. The van der Waals surface area contributed by atoms with Crippen LogP contribution in [0, 0.1) is 0 Å². The normalized spacial score (nSPS) is 8.18. The van der Waals surface area contributed by atoms with Gasteiger partial charge in [-0.1, -0.05) is 118 Å². The Bertz CT molecular complexity index is 127. The van der Waals surface area contributed by atoms with Crippen LogP contribution < -0.4 is 0 Å². The minimum Gasteiger partial charge on any atom is -0.0919 e. The van der Waals surface area contributed by atoms with Gasteiger partial charge in [-0.25, -0.2) is 0 Å². The summed E-state index contributed by atoms with van der Waals surface area (Å²) in [5.41, 5.74) is 0. The molecule has 0 rings (SSSR count). The van der Waals surface area contributed by atoms with Crippen LogP contribution >= 0.6 is 0 Å². The summed E-state index contributed by atoms with van der Waals surface area (Å²) >= 11 is 0. The van der Waals surface area contributed by atoms with E-state index in [9.17, 15) is 0 Å². The van der Waals surface area contributed by atoms with Crippen LogP contribution in [0.15, 0.2) is 36.5 Å². The molecule has 0 heteroatoms. The van der Waals surface area contributed by atoms with Crippen LogP contribution in [-0.2, 0) is 0 Å². The van der Waals surface area contributed by atoms with Crippen LogP contribution in [0.1, 0.15) is 109 Å². The van der Waals surface area contributed by atoms with E-state index in [2.05, 4.69) is 55.4 Å². The highest BCUT2D eigenvalue weighted by Crippen LogP contribution is 1.71. The van der Waals surface area contributed by atoms with Crippen molar-refractivity contribution in [2.45, 2.75) is 109 Å². The third-order valence-electron chi connectivity index (χ3n) is 0.829. The topological polar surface area (TPSA) is 0 Å². The molecule has 0 nitrogen and oxygen atoms in total. The van der Waals surface area contributed by atoms with E-state index in [1.807, 2.05) is 64.2 Å². The zero-order valence-electron chi connectivity index (χ0n) is 18.3. The van der Waals surface area contributed by atoms with Gasteiger partial charge in [-0.15, -0.1) is 0 Å². The maximum absolute atomic E-state index is 2.12. The molecule has 22 heavy (non-hydrogen) atoms. The SMILES string of the molecule is C/C=C/C.C/C=C/C=C/C.CCC.CCC.CCC.CCC. The molecule has 0 unspecified atom stereocenters. The van der Waals surface area contributed by atoms with Gasteiger partial charge in [0.25, 0.3) is 0 Å². The molecule has 0 saturated heterocycles. The first kappa shape index (κ1) is 37.5. The van der Waals surface area contributed by atoms with Crippen molar-refractivity contribution in [2.24, 2.45) is 0 Å². The smallest absolute Gasteiger partial charge is 0.0467 e. The van der Waals surface area contributed by atoms with Crippen molar-refractivity contribution in [1.82, 2.24) is 0 Å². The molecule has 0 spiro atoms. The van der Waals surface area contributed by atoms with Gasteiger partial charge in [0.2, 0.25) is 0 Å². The molecule has 0 aliphatic carbocycles. The lowest BCUT2D eigenvalue weighted by Gasteiger charge is -1.62. The first-order chi connectivity index (χ1) is 10.5. The van der Waals surface area contributed by atoms with Crippen LogP contribution in [0.3, 0.4) is 0 Å². The molecule has 0 N–H and O–H groups in total. The lowest BCUT2D eigenvalue weighted by molar-refractivity contribution is 1.09. The number of allylic oxidation sites excluding steroid dienone is 6. The summed E-state index contributed by atoms with van der Waals surface area (Å²) in [6.45, 7) is 25.0. The van der Waals surface area contributed by atoms with Crippen molar-refractivity contribution in [1.29, 1.82) is 0 Å². The Morgan fingerprint density at radius 1 is 0.364 bits per heavy atom. The maximum Gasteiger partial charge on any atom is -0.0467 e. The van der Waals surface area contributed by atoms with Crippen molar-refractivity contribution in [2.75, 3.05) is 0 Å². The van der Waals surface area contributed by atoms with Crippen molar-refractivity contribution in [3.63, 3.8) is 0 Å². The summed E-state index contributed by atoms with van der Waals surface area (Å²) < 4.78 is 0. The van der Waals surface area contributed by atoms with E-state index in [1.165, 1.54) is 25.7 Å². The van der Waals surface area contributed by atoms with Gasteiger partial charge in [-0.05, 0) is 27.7 Å². The molecule has 0 aliphatic heterocycles. The fourth-order valence-electron chi connectivity index (χ4n) is 0.222. The van der Waals surface area contributed by atoms with Crippen molar-refractivity contribution in [3.8, 4) is 0 Å². The van der Waals surface area contributed by atoms with Crippen LogP contribution in [0.2, 0.25) is 0 Å². The van der Waals surface area contributed by atoms with Gasteiger partial charge in [0.15, 0.2) is 0 Å². The average molecular weight is 315 g/mol. The van der Waals surface area contributed by atoms with Gasteiger partial charge < -0.3 is 0 Å². The standard InChI is InChI=1S/C6H10.C4H8.4C3H8/c1-3-5-6-4-2;1-3-4-2;4*1-3-2/h3-6H,1-2H3;3-4H,1-2H3;4*3H2,1-2H3/b5-3+,6-4+;4-3+;;;;. The highest BCUT2D eigenvalue weighted by atomic mass is 13.6. The third-order valence-corrected chi connectivity index (χ3v) is 0.829. The minimum atomic E-state index is 1.25. The Hall–Kier alpha value is -0.780. The lowest BCUT2D eigenvalue weighted by Crippen LogP contribution is -1.40. The zero-order chi connectivity index (χ0) is 19.1. The molecular weight excluding hydrogens is 264 g/mol. The first-order valence-electron chi connectivity index (χ1n) is 9.30. The van der Waals surface area contributed by atoms with Gasteiger partial charge in [0.1, 0.15) is 0 Å². The predicted octanol–water partition coefficient (Wildman–Crippen LogP) is 9.39. The summed E-state index contributed by atoms with van der Waals surface area (Å²) in [6.07, 6.45) is 17.0. The molecule has 138 valence electrons. The van der Waals surface area contributed by atoms with Gasteiger partial charge in [-0.2, -0.15) is 0 Å². The number of hydrogen-bond donors (Lipinski definition) is 0. The molecule has 0 aromatic heterocycles. The Labute approximate surface area is 145 Å². The average Bonchev–Trinajstić information content (AvgIpc) is 2.49. The van der Waals surface area contributed by atoms with Crippen molar-refractivity contribution in [3.05, 3.63) is 36.5 Å². The Morgan fingerprint density at radius 2 is 0.500 bits per heavy atom. The monoisotopic (exact) mass is 314 g/mol. The second-order valence-electron chi connectivity index (χ2n) is 4.55. The molecule has 0 radical (unpaired) electrons. The van der Waals surface area contributed by atoms with Crippen LogP contribution in [0.4, 0.5) is 0 Å². The largest absolute Gasteiger partial charge is 0.0919 e. The van der Waals surface area contributed by atoms with E-state index in [0.29, 0.717) is 0 Å². The predicted molar refractivity (Wildman–Crippen MR) is 114 cm³/mol. The summed E-state index contributed by atoms with van der Waals surface area (Å²) in [5.74, 6) is 0. The highest BCUT2D eigenvalue weighted by Gasteiger charge is 1.48. The fraction of sp³-hybridized carbons (Fsp3) is 0.727. The highest BCUT2D eigenvalue weighted by molar-refractivity contribution is 4.98. The summed E-state index contributed by atoms with van der Waals surface area (Å²) in [4.78, 5) is 0. The molecule has 0 aliphatic rings. The second-order valence-corrected chi connectivity index (χ2v) is 4.55. The van der Waals surface area contributed by atoms with Crippen molar-refractivity contribution >= 4 is 0 Å². The minimum absolute atomic E-state index is 1.25. The summed E-state index contributed by atoms with van der Waals surface area (Å²) in [5, 5.41) is 0. The Balaban J connectivity index is -0.0000000360. The van der Waals surface area contributed by atoms with E-state index >= 15 is 0 Å². The Kier molecular flexibility index (Phi) is 150. The van der Waals surface area contributed by atoms with E-state index in [4.69, 9.17) is 0 Å². The second kappa shape index (κ2) is 87.9. The quantitative estimate of drug-likeness (QED) is 0.334. The summed E-state index contributed by atoms with van der Waals surface area (Å²) in [6, 6.07) is 0. The molecule has 0 amide bonds. The third kappa shape index (κ3) is 615. The first-order valence-corrected chi connectivity index (χ1v) is 9.30. The molecule has 0 heterocycles. The summed E-state index contributed by atoms with van der Waals surface area (Å²) in [7, 11) is 0. The lowest BCUT2D eigenvalue weighted by atomic mass is 10.5. The molecule has 0 saturated carbocycles.